The molecule has 136 valence electrons. The summed E-state index contributed by atoms with van der Waals surface area (Å²) >= 11 is 5.82. The molecule has 2 aliphatic heterocycles. The molecule has 10 nitrogen and oxygen atoms in total. The molecular formula is C12H21ClO10. The molecule has 7 N–H and O–H groups in total. The minimum Gasteiger partial charge on any atom is -0.394 e. The topological polar surface area (TPSA) is 169 Å². The highest BCUT2D eigenvalue weighted by molar-refractivity contribution is 6.21. The van der Waals surface area contributed by atoms with E-state index in [9.17, 15) is 30.6 Å². The SMILES string of the molecule is OC[C@H]1O[C@@](CO)(O[C@H]2O[C@H](CO)[C@@H](Cl)[C@H](O)[C@H]2O)[C@@H](O)[C@@H]1O. The molecule has 2 heterocycles. The van der Waals surface area contributed by atoms with Crippen LogP contribution in [-0.4, -0.2) is 110 Å². The Morgan fingerprint density at radius 3 is 2.00 bits per heavy atom. The summed E-state index contributed by atoms with van der Waals surface area (Å²) < 4.78 is 15.6. The van der Waals surface area contributed by atoms with Crippen molar-refractivity contribution in [3.63, 3.8) is 0 Å². The summed E-state index contributed by atoms with van der Waals surface area (Å²) in [5, 5.41) is 66.3. The zero-order chi connectivity index (χ0) is 17.4. The fourth-order valence-electron chi connectivity index (χ4n) is 2.60. The van der Waals surface area contributed by atoms with Crippen LogP contribution in [0.2, 0.25) is 0 Å². The maximum Gasteiger partial charge on any atom is 0.224 e. The van der Waals surface area contributed by atoms with Crippen molar-refractivity contribution >= 4 is 11.6 Å². The van der Waals surface area contributed by atoms with Crippen LogP contribution in [0.1, 0.15) is 0 Å². The van der Waals surface area contributed by atoms with E-state index in [2.05, 4.69) is 0 Å². The first-order valence-corrected chi connectivity index (χ1v) is 7.45. The summed E-state index contributed by atoms with van der Waals surface area (Å²) in [5.41, 5.74) is 0. The summed E-state index contributed by atoms with van der Waals surface area (Å²) in [7, 11) is 0. The van der Waals surface area contributed by atoms with Crippen molar-refractivity contribution in [1.82, 2.24) is 0 Å². The molecule has 2 saturated heterocycles. The second kappa shape index (κ2) is 7.42. The molecule has 0 aliphatic carbocycles. The van der Waals surface area contributed by atoms with Crippen molar-refractivity contribution < 1.29 is 50.0 Å². The molecule has 9 atom stereocenters. The molecule has 0 aromatic rings. The van der Waals surface area contributed by atoms with Gasteiger partial charge in [0.15, 0.2) is 6.29 Å². The van der Waals surface area contributed by atoms with Gasteiger partial charge in [0, 0.05) is 0 Å². The average molecular weight is 361 g/mol. The zero-order valence-electron chi connectivity index (χ0n) is 12.0. The molecule has 0 bridgehead atoms. The lowest BCUT2D eigenvalue weighted by Gasteiger charge is -2.43. The number of hydrogen-bond donors (Lipinski definition) is 7. The maximum absolute atomic E-state index is 10.0. The standard InChI is InChI=1S/C12H21ClO10/c13-6-4(1-14)21-11(9(19)8(6)18)23-12(3-16)10(20)7(17)5(2-15)22-12/h4-11,14-20H,1-3H2/t4-,5-,6-,7-,8+,9-,10+,11-,12+/m1/s1. The van der Waals surface area contributed by atoms with Gasteiger partial charge in [0.25, 0.3) is 0 Å². The molecule has 0 amide bonds. The Morgan fingerprint density at radius 2 is 1.52 bits per heavy atom. The van der Waals surface area contributed by atoms with Crippen molar-refractivity contribution in [1.29, 1.82) is 0 Å². The van der Waals surface area contributed by atoms with Crippen molar-refractivity contribution in [2.45, 2.75) is 54.1 Å². The lowest BCUT2D eigenvalue weighted by atomic mass is 10.0. The molecule has 2 rings (SSSR count). The fraction of sp³-hybridized carbons (Fsp3) is 1.00. The van der Waals surface area contributed by atoms with Crippen molar-refractivity contribution in [2.75, 3.05) is 19.8 Å². The first-order chi connectivity index (χ1) is 10.8. The van der Waals surface area contributed by atoms with Crippen molar-refractivity contribution in [2.24, 2.45) is 0 Å². The van der Waals surface area contributed by atoms with Gasteiger partial charge in [-0.25, -0.2) is 0 Å². The molecule has 2 fully saturated rings. The number of hydrogen-bond acceptors (Lipinski definition) is 10. The number of aliphatic hydroxyl groups is 7. The van der Waals surface area contributed by atoms with E-state index in [0.29, 0.717) is 0 Å². The first kappa shape index (κ1) is 19.2. The van der Waals surface area contributed by atoms with Crippen LogP contribution in [0.15, 0.2) is 0 Å². The summed E-state index contributed by atoms with van der Waals surface area (Å²) in [6, 6.07) is 0. The predicted molar refractivity (Wildman–Crippen MR) is 72.3 cm³/mol. The van der Waals surface area contributed by atoms with E-state index in [1.165, 1.54) is 0 Å². The minimum atomic E-state index is -2.18. The summed E-state index contributed by atoms with van der Waals surface area (Å²) in [5.74, 6) is -2.18. The molecule has 2 aliphatic rings. The summed E-state index contributed by atoms with van der Waals surface area (Å²) in [4.78, 5) is 0. The summed E-state index contributed by atoms with van der Waals surface area (Å²) in [6.07, 6.45) is -10.4. The highest BCUT2D eigenvalue weighted by Gasteiger charge is 2.58. The van der Waals surface area contributed by atoms with Crippen molar-refractivity contribution in [3.8, 4) is 0 Å². The molecule has 11 heteroatoms. The second-order valence-electron chi connectivity index (χ2n) is 5.51. The third-order valence-corrected chi connectivity index (χ3v) is 4.56. The smallest absolute Gasteiger partial charge is 0.224 e. The van der Waals surface area contributed by atoms with E-state index >= 15 is 0 Å². The van der Waals surface area contributed by atoms with Gasteiger partial charge in [-0.15, -0.1) is 11.6 Å². The third kappa shape index (κ3) is 3.34. The van der Waals surface area contributed by atoms with Crippen LogP contribution in [-0.2, 0) is 14.2 Å². The maximum atomic E-state index is 10.0. The third-order valence-electron chi connectivity index (χ3n) is 4.02. The van der Waals surface area contributed by atoms with Crippen LogP contribution in [0.25, 0.3) is 0 Å². The monoisotopic (exact) mass is 360 g/mol. The highest BCUT2D eigenvalue weighted by Crippen LogP contribution is 2.36. The number of halogens is 1. The van der Waals surface area contributed by atoms with E-state index in [1.807, 2.05) is 0 Å². The van der Waals surface area contributed by atoms with Crippen LogP contribution in [0.5, 0.6) is 0 Å². The zero-order valence-corrected chi connectivity index (χ0v) is 12.7. The van der Waals surface area contributed by atoms with Gasteiger partial charge in [-0.3, -0.25) is 0 Å². The Kier molecular flexibility index (Phi) is 6.20. The van der Waals surface area contributed by atoms with Gasteiger partial charge in [-0.2, -0.15) is 0 Å². The van der Waals surface area contributed by atoms with E-state index in [4.69, 9.17) is 30.9 Å². The van der Waals surface area contributed by atoms with E-state index in [-0.39, 0.29) is 0 Å². The van der Waals surface area contributed by atoms with Gasteiger partial charge in [-0.1, -0.05) is 0 Å². The Balaban J connectivity index is 2.18. The molecule has 0 saturated carbocycles. The van der Waals surface area contributed by atoms with Gasteiger partial charge in [-0.05, 0) is 0 Å². The fourth-order valence-corrected chi connectivity index (χ4v) is 2.89. The van der Waals surface area contributed by atoms with Gasteiger partial charge < -0.3 is 50.0 Å². The van der Waals surface area contributed by atoms with Crippen LogP contribution in [0.4, 0.5) is 0 Å². The highest BCUT2D eigenvalue weighted by atomic mass is 35.5. The van der Waals surface area contributed by atoms with Crippen molar-refractivity contribution in [3.05, 3.63) is 0 Å². The number of alkyl halides is 1. The molecule has 0 aromatic heterocycles. The lowest BCUT2D eigenvalue weighted by molar-refractivity contribution is -0.372. The van der Waals surface area contributed by atoms with Crippen LogP contribution < -0.4 is 0 Å². The molecule has 0 spiro atoms. The molecule has 23 heavy (non-hydrogen) atoms. The average Bonchev–Trinajstić information content (AvgIpc) is 2.80. The molecule has 0 radical (unpaired) electrons. The van der Waals surface area contributed by atoms with Crippen LogP contribution in [0, 0.1) is 0 Å². The Bertz CT molecular complexity index is 398. The van der Waals surface area contributed by atoms with Crippen LogP contribution in [0.3, 0.4) is 0 Å². The van der Waals surface area contributed by atoms with Gasteiger partial charge in [0.05, 0.1) is 18.6 Å². The summed E-state index contributed by atoms with van der Waals surface area (Å²) in [6.45, 7) is -2.16. The molecule has 0 unspecified atom stereocenters. The van der Waals surface area contributed by atoms with Crippen LogP contribution >= 0.6 is 11.6 Å². The Labute approximate surface area is 136 Å². The molecule has 0 aromatic carbocycles. The normalized spacial score (nSPS) is 51.1. The van der Waals surface area contributed by atoms with Gasteiger partial charge >= 0.3 is 0 Å². The van der Waals surface area contributed by atoms with E-state index < -0.39 is 73.9 Å². The number of ether oxygens (including phenoxy) is 3. The Hall–Kier alpha value is -0.110. The Morgan fingerprint density at radius 1 is 0.913 bits per heavy atom. The predicted octanol–water partition coefficient (Wildman–Crippen LogP) is -4.15. The number of aliphatic hydroxyl groups excluding tert-OH is 7. The second-order valence-corrected chi connectivity index (χ2v) is 6.02. The van der Waals surface area contributed by atoms with E-state index in [1.54, 1.807) is 0 Å². The van der Waals surface area contributed by atoms with E-state index in [0.717, 1.165) is 0 Å². The first-order valence-electron chi connectivity index (χ1n) is 7.01. The minimum absolute atomic E-state index is 0.574. The molecular weight excluding hydrogens is 340 g/mol. The quantitative estimate of drug-likeness (QED) is 0.239. The van der Waals surface area contributed by atoms with Gasteiger partial charge in [0.1, 0.15) is 43.2 Å². The lowest BCUT2D eigenvalue weighted by Crippen LogP contribution is -2.61. The number of rotatable bonds is 5. The van der Waals surface area contributed by atoms with Gasteiger partial charge in [0.2, 0.25) is 5.79 Å². The largest absolute Gasteiger partial charge is 0.394 e.